The molecule has 1 N–H and O–H groups in total. The van der Waals surface area contributed by atoms with E-state index in [2.05, 4.69) is 0 Å². The Labute approximate surface area is 109 Å². The lowest BCUT2D eigenvalue weighted by molar-refractivity contribution is -0.385. The second kappa shape index (κ2) is 5.05. The first-order chi connectivity index (χ1) is 8.62. The smallest absolute Gasteiger partial charge is 0.342 e. The van der Waals surface area contributed by atoms with Gasteiger partial charge in [0.05, 0.1) is 10.3 Å². The molecule has 7 heteroatoms. The van der Waals surface area contributed by atoms with Crippen LogP contribution in [0, 0.1) is 15.5 Å². The van der Waals surface area contributed by atoms with Crippen molar-refractivity contribution in [3.8, 4) is 5.75 Å². The van der Waals surface area contributed by atoms with Gasteiger partial charge in [0, 0.05) is 12.1 Å². The molecule has 1 aromatic carbocycles. The van der Waals surface area contributed by atoms with Gasteiger partial charge in [-0.2, -0.15) is 0 Å². The normalized spacial score (nSPS) is 10.9. The maximum Gasteiger partial charge on any atom is 0.342 e. The van der Waals surface area contributed by atoms with Gasteiger partial charge in [-0.1, -0.05) is 0 Å². The maximum atomic E-state index is 11.6. The van der Waals surface area contributed by atoms with Crippen molar-refractivity contribution in [2.75, 3.05) is 0 Å². The highest BCUT2D eigenvalue weighted by Gasteiger charge is 2.26. The zero-order chi connectivity index (χ0) is 14.8. The third-order valence-corrected chi connectivity index (χ3v) is 2.22. The molecule has 1 rings (SSSR count). The molecular formula is C12H13NO6. The van der Waals surface area contributed by atoms with Gasteiger partial charge in [0.1, 0.15) is 11.3 Å². The zero-order valence-corrected chi connectivity index (χ0v) is 10.7. The van der Waals surface area contributed by atoms with Crippen LogP contribution in [0.4, 0.5) is 5.69 Å². The first-order valence-electron chi connectivity index (χ1n) is 5.37. The van der Waals surface area contributed by atoms with Crippen molar-refractivity contribution in [2.24, 2.45) is 5.41 Å². The average molecular weight is 267 g/mol. The van der Waals surface area contributed by atoms with E-state index in [1.54, 1.807) is 20.8 Å². The van der Waals surface area contributed by atoms with Crippen molar-refractivity contribution in [1.29, 1.82) is 0 Å². The van der Waals surface area contributed by atoms with E-state index in [1.165, 1.54) is 6.07 Å². The predicted octanol–water partition coefficient (Wildman–Crippen LogP) is 2.24. The van der Waals surface area contributed by atoms with Gasteiger partial charge < -0.3 is 9.84 Å². The number of nitro benzene ring substituents is 1. The fraction of sp³-hybridized carbons (Fsp3) is 0.333. The van der Waals surface area contributed by atoms with E-state index in [9.17, 15) is 19.7 Å². The summed E-state index contributed by atoms with van der Waals surface area (Å²) in [5.74, 6) is -2.05. The second-order valence-electron chi connectivity index (χ2n) is 4.88. The summed E-state index contributed by atoms with van der Waals surface area (Å²) in [5.41, 5.74) is -1.84. The SMILES string of the molecule is CC(C)(C)C(=O)Oc1ccc([N+](=O)[O-])c(C(=O)O)c1. The molecule has 0 fully saturated rings. The summed E-state index contributed by atoms with van der Waals surface area (Å²) < 4.78 is 4.98. The van der Waals surface area contributed by atoms with Crippen molar-refractivity contribution in [1.82, 2.24) is 0 Å². The predicted molar refractivity (Wildman–Crippen MR) is 65.1 cm³/mol. The Balaban J connectivity index is 3.13. The fourth-order valence-corrected chi connectivity index (χ4v) is 1.17. The van der Waals surface area contributed by atoms with Crippen LogP contribution >= 0.6 is 0 Å². The van der Waals surface area contributed by atoms with E-state index >= 15 is 0 Å². The molecule has 0 radical (unpaired) electrons. The Bertz CT molecular complexity index is 544. The van der Waals surface area contributed by atoms with Crippen LogP contribution in [-0.4, -0.2) is 22.0 Å². The molecule has 0 saturated carbocycles. The molecule has 0 aliphatic heterocycles. The molecule has 0 heterocycles. The molecule has 0 bridgehead atoms. The topological polar surface area (TPSA) is 107 Å². The average Bonchev–Trinajstić information content (AvgIpc) is 2.27. The van der Waals surface area contributed by atoms with Gasteiger partial charge in [0.15, 0.2) is 0 Å². The Hall–Kier alpha value is -2.44. The minimum Gasteiger partial charge on any atom is -0.477 e. The van der Waals surface area contributed by atoms with Crippen LogP contribution in [0.5, 0.6) is 5.75 Å². The van der Waals surface area contributed by atoms with Gasteiger partial charge in [0.25, 0.3) is 5.69 Å². The molecular weight excluding hydrogens is 254 g/mol. The lowest BCUT2D eigenvalue weighted by Crippen LogP contribution is -2.25. The molecule has 0 atom stereocenters. The minimum atomic E-state index is -1.46. The molecule has 0 aliphatic rings. The van der Waals surface area contributed by atoms with Gasteiger partial charge in [-0.15, -0.1) is 0 Å². The fourth-order valence-electron chi connectivity index (χ4n) is 1.17. The van der Waals surface area contributed by atoms with E-state index in [-0.39, 0.29) is 5.75 Å². The molecule has 7 nitrogen and oxygen atoms in total. The first kappa shape index (κ1) is 14.6. The second-order valence-corrected chi connectivity index (χ2v) is 4.88. The number of aromatic carboxylic acids is 1. The maximum absolute atomic E-state index is 11.6. The molecule has 0 unspecified atom stereocenters. The summed E-state index contributed by atoms with van der Waals surface area (Å²) in [6.07, 6.45) is 0. The molecule has 19 heavy (non-hydrogen) atoms. The number of nitro groups is 1. The monoisotopic (exact) mass is 267 g/mol. The minimum absolute atomic E-state index is 0.0390. The molecule has 102 valence electrons. The number of esters is 1. The number of nitrogens with zero attached hydrogens (tertiary/aromatic N) is 1. The van der Waals surface area contributed by atoms with Crippen LogP contribution in [0.25, 0.3) is 0 Å². The number of benzene rings is 1. The Morgan fingerprint density at radius 3 is 2.32 bits per heavy atom. The van der Waals surface area contributed by atoms with Crippen LogP contribution in [0.2, 0.25) is 0 Å². The van der Waals surface area contributed by atoms with Gasteiger partial charge in [-0.05, 0) is 26.8 Å². The van der Waals surface area contributed by atoms with Crippen LogP contribution in [0.3, 0.4) is 0 Å². The van der Waals surface area contributed by atoms with E-state index in [4.69, 9.17) is 9.84 Å². The van der Waals surface area contributed by atoms with Crippen molar-refractivity contribution < 1.29 is 24.4 Å². The molecule has 0 saturated heterocycles. The Morgan fingerprint density at radius 1 is 1.32 bits per heavy atom. The third-order valence-electron chi connectivity index (χ3n) is 2.22. The first-order valence-corrected chi connectivity index (χ1v) is 5.37. The number of carboxylic acids is 1. The van der Waals surface area contributed by atoms with Crippen LogP contribution < -0.4 is 4.74 Å². The van der Waals surface area contributed by atoms with E-state index in [0.717, 1.165) is 12.1 Å². The summed E-state index contributed by atoms with van der Waals surface area (Å²) in [6, 6.07) is 3.15. The lowest BCUT2D eigenvalue weighted by atomic mass is 9.97. The van der Waals surface area contributed by atoms with E-state index in [1.807, 2.05) is 0 Å². The van der Waals surface area contributed by atoms with Crippen molar-refractivity contribution >= 4 is 17.6 Å². The van der Waals surface area contributed by atoms with Crippen LogP contribution in [-0.2, 0) is 4.79 Å². The summed E-state index contributed by atoms with van der Waals surface area (Å²) in [4.78, 5) is 32.4. The quantitative estimate of drug-likeness (QED) is 0.389. The van der Waals surface area contributed by atoms with E-state index < -0.39 is 33.5 Å². The molecule has 0 spiro atoms. The van der Waals surface area contributed by atoms with Crippen LogP contribution in [0.1, 0.15) is 31.1 Å². The standard InChI is InChI=1S/C12H13NO6/c1-12(2,3)11(16)19-7-4-5-9(13(17)18)8(6-7)10(14)15/h4-6H,1-3H3,(H,14,15). The summed E-state index contributed by atoms with van der Waals surface area (Å²) in [5, 5.41) is 19.5. The number of ether oxygens (including phenoxy) is 1. The highest BCUT2D eigenvalue weighted by molar-refractivity contribution is 5.93. The van der Waals surface area contributed by atoms with E-state index in [0.29, 0.717) is 0 Å². The highest BCUT2D eigenvalue weighted by Crippen LogP contribution is 2.26. The molecule has 0 amide bonds. The number of carbonyl (C=O) groups excluding carboxylic acids is 1. The Kier molecular flexibility index (Phi) is 3.89. The van der Waals surface area contributed by atoms with Gasteiger partial charge in [-0.3, -0.25) is 14.9 Å². The van der Waals surface area contributed by atoms with Crippen molar-refractivity contribution in [2.45, 2.75) is 20.8 Å². The van der Waals surface area contributed by atoms with Gasteiger partial charge in [-0.25, -0.2) is 4.79 Å². The van der Waals surface area contributed by atoms with Crippen LogP contribution in [0.15, 0.2) is 18.2 Å². The number of rotatable bonds is 3. The number of carbonyl (C=O) groups is 2. The third kappa shape index (κ3) is 3.51. The largest absolute Gasteiger partial charge is 0.477 e. The van der Waals surface area contributed by atoms with Crippen molar-refractivity contribution in [3.63, 3.8) is 0 Å². The number of hydrogen-bond acceptors (Lipinski definition) is 5. The molecule has 1 aromatic rings. The number of carboxylic acid groups (broad SMARTS) is 1. The summed E-state index contributed by atoms with van der Waals surface area (Å²) in [7, 11) is 0. The summed E-state index contributed by atoms with van der Waals surface area (Å²) in [6.45, 7) is 4.91. The lowest BCUT2D eigenvalue weighted by Gasteiger charge is -2.16. The highest BCUT2D eigenvalue weighted by atomic mass is 16.6. The van der Waals surface area contributed by atoms with Gasteiger partial charge >= 0.3 is 11.9 Å². The zero-order valence-electron chi connectivity index (χ0n) is 10.7. The Morgan fingerprint density at radius 2 is 1.89 bits per heavy atom. The molecule has 0 aromatic heterocycles. The summed E-state index contributed by atoms with van der Waals surface area (Å²) >= 11 is 0. The molecule has 0 aliphatic carbocycles. The van der Waals surface area contributed by atoms with Gasteiger partial charge in [0.2, 0.25) is 0 Å². The van der Waals surface area contributed by atoms with Crippen molar-refractivity contribution in [3.05, 3.63) is 33.9 Å². The number of hydrogen-bond donors (Lipinski definition) is 1.